The molecule has 1 unspecified atom stereocenters. The molecule has 1 atom stereocenters. The third-order valence-electron chi connectivity index (χ3n) is 4.28. The van der Waals surface area contributed by atoms with Crippen LogP contribution >= 0.6 is 35.0 Å². The highest BCUT2D eigenvalue weighted by atomic mass is 35.5. The Morgan fingerprint density at radius 3 is 2.57 bits per heavy atom. The van der Waals surface area contributed by atoms with Crippen LogP contribution in [0.15, 0.2) is 47.6 Å². The summed E-state index contributed by atoms with van der Waals surface area (Å²) in [6, 6.07) is 11.0. The monoisotopic (exact) mass is 467 g/mol. The fourth-order valence-corrected chi connectivity index (χ4v) is 4.33. The van der Waals surface area contributed by atoms with Crippen molar-refractivity contribution in [1.82, 2.24) is 14.8 Å². The van der Waals surface area contributed by atoms with Gasteiger partial charge in [-0.3, -0.25) is 4.79 Å². The smallest absolute Gasteiger partial charge is 0.192 e. The van der Waals surface area contributed by atoms with Gasteiger partial charge in [0.15, 0.2) is 34.4 Å². The molecule has 0 saturated carbocycles. The minimum Gasteiger partial charge on any atom is -0.480 e. The van der Waals surface area contributed by atoms with Crippen LogP contribution in [0.1, 0.15) is 49.1 Å². The van der Waals surface area contributed by atoms with Crippen LogP contribution in [0.2, 0.25) is 10.0 Å². The van der Waals surface area contributed by atoms with Gasteiger partial charge in [-0.1, -0.05) is 47.1 Å². The largest absolute Gasteiger partial charge is 0.480 e. The third kappa shape index (κ3) is 5.14. The van der Waals surface area contributed by atoms with Gasteiger partial charge in [0, 0.05) is 16.6 Å². The number of rotatable bonds is 8. The highest BCUT2D eigenvalue weighted by molar-refractivity contribution is 7.99. The zero-order valence-corrected chi connectivity index (χ0v) is 18.9. The van der Waals surface area contributed by atoms with Crippen LogP contribution in [0.25, 0.3) is 0 Å². The van der Waals surface area contributed by atoms with E-state index in [1.165, 1.54) is 23.9 Å². The van der Waals surface area contributed by atoms with E-state index in [1.807, 2.05) is 18.4 Å². The second-order valence-electron chi connectivity index (χ2n) is 6.83. The molecule has 3 aromatic rings. The lowest BCUT2D eigenvalue weighted by molar-refractivity contribution is 0.102. The van der Waals surface area contributed by atoms with Gasteiger partial charge >= 0.3 is 0 Å². The molecule has 158 valence electrons. The number of para-hydroxylation sites is 1. The van der Waals surface area contributed by atoms with Crippen molar-refractivity contribution in [2.75, 3.05) is 5.75 Å². The molecule has 0 aliphatic heterocycles. The molecule has 2 aromatic carbocycles. The van der Waals surface area contributed by atoms with Crippen molar-refractivity contribution in [3.63, 3.8) is 0 Å². The normalized spacial score (nSPS) is 12.2. The van der Waals surface area contributed by atoms with E-state index in [1.54, 1.807) is 37.3 Å². The first-order chi connectivity index (χ1) is 14.3. The molecule has 0 fully saturated rings. The Kier molecular flexibility index (Phi) is 7.39. The van der Waals surface area contributed by atoms with Gasteiger partial charge in [0.2, 0.25) is 0 Å². The Morgan fingerprint density at radius 2 is 1.90 bits per heavy atom. The average Bonchev–Trinajstić information content (AvgIpc) is 3.12. The van der Waals surface area contributed by atoms with Gasteiger partial charge in [-0.2, -0.15) is 0 Å². The van der Waals surface area contributed by atoms with E-state index < -0.39 is 11.9 Å². The SMILES string of the molecule is CC(Oc1ccccc1F)c1nnc(SCC(=O)c2ccc(Cl)cc2Cl)n1C(C)C. The molecule has 1 heterocycles. The maximum Gasteiger partial charge on any atom is 0.192 e. The Hall–Kier alpha value is -2.09. The number of halogens is 3. The second kappa shape index (κ2) is 9.81. The summed E-state index contributed by atoms with van der Waals surface area (Å²) in [5.41, 5.74) is 0.403. The van der Waals surface area contributed by atoms with E-state index in [0.29, 0.717) is 26.6 Å². The first-order valence-corrected chi connectivity index (χ1v) is 11.0. The molecule has 0 bridgehead atoms. The standard InChI is InChI=1S/C21H20Cl2FN3O2S/c1-12(2)27-20(13(3)29-19-7-5-4-6-17(19)24)25-26-21(27)30-11-18(28)15-9-8-14(22)10-16(15)23/h4-10,12-13H,11H2,1-3H3. The molecular formula is C21H20Cl2FN3O2S. The summed E-state index contributed by atoms with van der Waals surface area (Å²) in [5.74, 6) is 0.240. The van der Waals surface area contributed by atoms with Gasteiger partial charge in [-0.25, -0.2) is 4.39 Å². The maximum atomic E-state index is 13.9. The van der Waals surface area contributed by atoms with E-state index in [4.69, 9.17) is 27.9 Å². The molecular weight excluding hydrogens is 448 g/mol. The minimum atomic E-state index is -0.535. The molecule has 3 rings (SSSR count). The molecule has 0 N–H and O–H groups in total. The van der Waals surface area contributed by atoms with Gasteiger partial charge in [0.25, 0.3) is 0 Å². The third-order valence-corrected chi connectivity index (χ3v) is 5.77. The van der Waals surface area contributed by atoms with Crippen LogP contribution in [-0.2, 0) is 0 Å². The molecule has 9 heteroatoms. The Morgan fingerprint density at radius 1 is 1.17 bits per heavy atom. The zero-order valence-electron chi connectivity index (χ0n) is 16.6. The molecule has 0 saturated heterocycles. The Labute approximate surface area is 188 Å². The lowest BCUT2D eigenvalue weighted by Gasteiger charge is -2.19. The summed E-state index contributed by atoms with van der Waals surface area (Å²) in [6.07, 6.45) is -0.535. The van der Waals surface area contributed by atoms with Crippen LogP contribution in [0.5, 0.6) is 5.75 Å². The quantitative estimate of drug-likeness (QED) is 0.282. The second-order valence-corrected chi connectivity index (χ2v) is 8.62. The van der Waals surface area contributed by atoms with Gasteiger partial charge < -0.3 is 9.30 Å². The molecule has 0 aliphatic rings. The van der Waals surface area contributed by atoms with Crippen LogP contribution in [0, 0.1) is 5.82 Å². The van der Waals surface area contributed by atoms with Crippen LogP contribution in [0.4, 0.5) is 4.39 Å². The van der Waals surface area contributed by atoms with Crippen molar-refractivity contribution in [1.29, 1.82) is 0 Å². The summed E-state index contributed by atoms with van der Waals surface area (Å²) in [7, 11) is 0. The molecule has 5 nitrogen and oxygen atoms in total. The number of aromatic nitrogens is 3. The Balaban J connectivity index is 1.77. The van der Waals surface area contributed by atoms with Crippen molar-refractivity contribution >= 4 is 40.7 Å². The van der Waals surface area contributed by atoms with Gasteiger partial charge in [0.1, 0.15) is 0 Å². The number of benzene rings is 2. The highest BCUT2D eigenvalue weighted by Gasteiger charge is 2.23. The fraction of sp³-hybridized carbons (Fsp3) is 0.286. The van der Waals surface area contributed by atoms with Crippen LogP contribution < -0.4 is 4.74 Å². The van der Waals surface area contributed by atoms with E-state index in [9.17, 15) is 9.18 Å². The maximum absolute atomic E-state index is 13.9. The van der Waals surface area contributed by atoms with Crippen molar-refractivity contribution in [2.24, 2.45) is 0 Å². The zero-order chi connectivity index (χ0) is 21.8. The molecule has 1 aromatic heterocycles. The first kappa shape index (κ1) is 22.6. The van der Waals surface area contributed by atoms with Gasteiger partial charge in [-0.15, -0.1) is 10.2 Å². The van der Waals surface area contributed by atoms with Gasteiger partial charge in [0.05, 0.1) is 10.8 Å². The van der Waals surface area contributed by atoms with Crippen LogP contribution in [-0.4, -0.2) is 26.3 Å². The summed E-state index contributed by atoms with van der Waals surface area (Å²) in [6.45, 7) is 5.73. The number of carbonyl (C=O) groups excluding carboxylic acids is 1. The summed E-state index contributed by atoms with van der Waals surface area (Å²) >= 11 is 13.3. The van der Waals surface area contributed by atoms with Crippen LogP contribution in [0.3, 0.4) is 0 Å². The number of hydrogen-bond acceptors (Lipinski definition) is 5. The van der Waals surface area contributed by atoms with Crippen molar-refractivity contribution in [3.05, 3.63) is 69.7 Å². The molecule has 0 radical (unpaired) electrons. The number of nitrogens with zero attached hydrogens (tertiary/aromatic N) is 3. The number of thioether (sulfide) groups is 1. The first-order valence-electron chi connectivity index (χ1n) is 9.25. The lowest BCUT2D eigenvalue weighted by Crippen LogP contribution is -2.15. The van der Waals surface area contributed by atoms with E-state index >= 15 is 0 Å². The van der Waals surface area contributed by atoms with E-state index in [0.717, 1.165) is 0 Å². The number of Topliss-reactive ketones (excluding diaryl/α,β-unsaturated/α-hetero) is 1. The molecule has 0 amide bonds. The van der Waals surface area contributed by atoms with E-state index in [2.05, 4.69) is 10.2 Å². The average molecular weight is 468 g/mol. The molecule has 30 heavy (non-hydrogen) atoms. The topological polar surface area (TPSA) is 57.0 Å². The van der Waals surface area contributed by atoms with Gasteiger partial charge in [-0.05, 0) is 51.1 Å². The predicted octanol–water partition coefficient (Wildman–Crippen LogP) is 6.42. The summed E-state index contributed by atoms with van der Waals surface area (Å²) < 4.78 is 21.6. The minimum absolute atomic E-state index is 0.0124. The number of ether oxygens (including phenoxy) is 1. The van der Waals surface area contributed by atoms with Crippen molar-refractivity contribution in [2.45, 2.75) is 38.1 Å². The van der Waals surface area contributed by atoms with E-state index in [-0.39, 0.29) is 23.3 Å². The highest BCUT2D eigenvalue weighted by Crippen LogP contribution is 2.29. The lowest BCUT2D eigenvalue weighted by atomic mass is 10.1. The Bertz CT molecular complexity index is 1060. The number of carbonyl (C=O) groups is 1. The number of ketones is 1. The predicted molar refractivity (Wildman–Crippen MR) is 117 cm³/mol. The number of hydrogen-bond donors (Lipinski definition) is 0. The summed E-state index contributed by atoms with van der Waals surface area (Å²) in [5, 5.41) is 9.81. The summed E-state index contributed by atoms with van der Waals surface area (Å²) in [4.78, 5) is 12.6. The van der Waals surface area contributed by atoms with Crippen molar-refractivity contribution in [3.8, 4) is 5.75 Å². The fourth-order valence-electron chi connectivity index (χ4n) is 2.86. The van der Waals surface area contributed by atoms with Crippen molar-refractivity contribution < 1.29 is 13.9 Å². The molecule has 0 aliphatic carbocycles. The molecule has 0 spiro atoms.